The van der Waals surface area contributed by atoms with Crippen LogP contribution in [0.2, 0.25) is 0 Å². The van der Waals surface area contributed by atoms with E-state index in [0.29, 0.717) is 16.9 Å². The number of hydrogen-bond acceptors (Lipinski definition) is 9. The summed E-state index contributed by atoms with van der Waals surface area (Å²) in [5.41, 5.74) is 2.87. The second-order valence-electron chi connectivity index (χ2n) is 9.54. The topological polar surface area (TPSA) is 184 Å². The Kier molecular flexibility index (Phi) is 7.79. The molecule has 2 aromatic carbocycles. The molecular formula is C25H28N2O11P2. The van der Waals surface area contributed by atoms with Crippen LogP contribution in [0.3, 0.4) is 0 Å². The first-order valence-electron chi connectivity index (χ1n) is 12.2. The first kappa shape index (κ1) is 28.7. The molecule has 0 spiro atoms. The summed E-state index contributed by atoms with van der Waals surface area (Å²) in [5, 5.41) is 23.5. The van der Waals surface area contributed by atoms with Gasteiger partial charge in [0.05, 0.1) is 11.9 Å². The van der Waals surface area contributed by atoms with Gasteiger partial charge in [0.2, 0.25) is 6.23 Å². The third kappa shape index (κ3) is 5.80. The molecule has 40 heavy (non-hydrogen) atoms. The molecule has 3 aliphatic rings. The minimum Gasteiger partial charge on any atom is -0.466 e. The zero-order chi connectivity index (χ0) is 28.8. The fraction of sp³-hybridized carbons (Fsp3) is 0.320. The number of ether oxygens (including phenoxy) is 2. The predicted molar refractivity (Wildman–Crippen MR) is 141 cm³/mol. The molecule has 0 aromatic heterocycles. The van der Waals surface area contributed by atoms with Crippen LogP contribution in [0, 0.1) is 13.8 Å². The molecule has 0 radical (unpaired) electrons. The second kappa shape index (κ2) is 10.9. The number of fused-ring (bicyclic) bond motifs is 1. The summed E-state index contributed by atoms with van der Waals surface area (Å²) < 4.78 is 45.9. The Bertz CT molecular complexity index is 1460. The van der Waals surface area contributed by atoms with Crippen molar-refractivity contribution in [1.82, 2.24) is 10.2 Å². The van der Waals surface area contributed by atoms with Gasteiger partial charge >= 0.3 is 21.4 Å². The number of urea groups is 1. The number of carbonyl (C=O) groups is 1. The molecule has 15 heteroatoms. The largest absolute Gasteiger partial charge is 0.479 e. The molecule has 0 aliphatic carbocycles. The molecule has 2 aromatic rings. The highest BCUT2D eigenvalue weighted by molar-refractivity contribution is 7.69. The molecule has 3 aliphatic heterocycles. The normalized spacial score (nSPS) is 29.0. The van der Waals surface area contributed by atoms with Crippen molar-refractivity contribution < 1.29 is 52.2 Å². The number of phosphoric acid groups is 1. The van der Waals surface area contributed by atoms with Crippen molar-refractivity contribution in [3.05, 3.63) is 83.1 Å². The maximum Gasteiger partial charge on any atom is 0.479 e. The van der Waals surface area contributed by atoms with E-state index >= 15 is 0 Å². The van der Waals surface area contributed by atoms with Crippen molar-refractivity contribution in [3.8, 4) is 0 Å². The van der Waals surface area contributed by atoms with Crippen molar-refractivity contribution in [2.24, 2.45) is 0 Å². The average Bonchev–Trinajstić information content (AvgIpc) is 3.44. The Labute approximate surface area is 229 Å². The lowest BCUT2D eigenvalue weighted by Gasteiger charge is -2.33. The lowest BCUT2D eigenvalue weighted by Crippen LogP contribution is -2.54. The summed E-state index contributed by atoms with van der Waals surface area (Å²) in [4.78, 5) is 34.2. The van der Waals surface area contributed by atoms with Gasteiger partial charge in [-0.2, -0.15) is 0 Å². The summed E-state index contributed by atoms with van der Waals surface area (Å²) in [7, 11) is -9.89. The maximum absolute atomic E-state index is 12.8. The van der Waals surface area contributed by atoms with Crippen molar-refractivity contribution in [2.45, 2.75) is 44.6 Å². The van der Waals surface area contributed by atoms with E-state index in [4.69, 9.17) is 14.0 Å². The number of hydrogen-bond donors (Lipinski definition) is 5. The van der Waals surface area contributed by atoms with Crippen LogP contribution < -0.4 is 10.6 Å². The number of carbonyl (C=O) groups excluding carboxylic acids is 1. The second-order valence-corrected chi connectivity index (χ2v) is 12.9. The number of aryl methyl sites for hydroxylation is 2. The van der Waals surface area contributed by atoms with E-state index in [2.05, 4.69) is 9.63 Å². The highest BCUT2D eigenvalue weighted by Crippen LogP contribution is 2.59. The van der Waals surface area contributed by atoms with Crippen molar-refractivity contribution in [3.63, 3.8) is 0 Å². The number of aliphatic hydroxyl groups excluding tert-OH is 2. The average molecular weight is 594 g/mol. The standard InChI is InChI=1S/C25H28N2O11P2/c1-14-8-9-18(10-15(14)2)39(31,32)38-40(33,34)35-13-20-21(28)22(29)24(37-20)27-12-17-11-19(16-6-4-3-5-7-16)36-23(17)26-25(27)30/h3-12,20-24,28-29H,13H2,1-2H3,(H,26,30)(H,31,32)(H,33,34)/t20-,21?,22?,23?,24-/m1/s1. The van der Waals surface area contributed by atoms with Crippen LogP contribution >= 0.6 is 15.4 Å². The van der Waals surface area contributed by atoms with Gasteiger partial charge in [-0.25, -0.2) is 13.7 Å². The Morgan fingerprint density at radius 1 is 1.02 bits per heavy atom. The summed E-state index contributed by atoms with van der Waals surface area (Å²) in [5.74, 6) is 0.527. The Morgan fingerprint density at radius 2 is 1.75 bits per heavy atom. The third-order valence-electron chi connectivity index (χ3n) is 6.72. The number of nitrogens with one attached hydrogen (secondary N) is 1. The first-order chi connectivity index (χ1) is 18.8. The molecule has 13 nitrogen and oxygen atoms in total. The van der Waals surface area contributed by atoms with Crippen molar-refractivity contribution in [2.75, 3.05) is 6.61 Å². The van der Waals surface area contributed by atoms with E-state index in [0.717, 1.165) is 16.0 Å². The van der Waals surface area contributed by atoms with Gasteiger partial charge in [-0.3, -0.25) is 19.3 Å². The Hall–Kier alpha value is -2.83. The minimum absolute atomic E-state index is 0.205. The SMILES string of the molecule is Cc1ccc(P(=O)(O)OP(=O)(O)OC[C@H]2O[C@@H](N3C=C4C=C(c5ccccc5)OC4NC3=O)C(O)C2O)cc1C. The smallest absolute Gasteiger partial charge is 0.466 e. The Balaban J connectivity index is 1.25. The van der Waals surface area contributed by atoms with Crippen LogP contribution in [0.25, 0.3) is 5.76 Å². The monoisotopic (exact) mass is 594 g/mol. The molecule has 0 saturated carbocycles. The van der Waals surface area contributed by atoms with E-state index in [1.54, 1.807) is 26.0 Å². The third-order valence-corrected chi connectivity index (χ3v) is 9.84. The van der Waals surface area contributed by atoms with Crippen LogP contribution in [0.4, 0.5) is 4.79 Å². The highest BCUT2D eigenvalue weighted by Gasteiger charge is 2.49. The molecular weight excluding hydrogens is 566 g/mol. The number of amides is 2. The summed E-state index contributed by atoms with van der Waals surface area (Å²) in [6.45, 7) is 2.69. The van der Waals surface area contributed by atoms with Crippen LogP contribution in [0.1, 0.15) is 16.7 Å². The van der Waals surface area contributed by atoms with Crippen LogP contribution in [0.5, 0.6) is 0 Å². The fourth-order valence-electron chi connectivity index (χ4n) is 4.40. The maximum atomic E-state index is 12.8. The van der Waals surface area contributed by atoms with Crippen molar-refractivity contribution in [1.29, 1.82) is 0 Å². The van der Waals surface area contributed by atoms with Crippen LogP contribution in [-0.4, -0.2) is 68.3 Å². The quantitative estimate of drug-likeness (QED) is 0.282. The lowest BCUT2D eigenvalue weighted by atomic mass is 10.1. The van der Waals surface area contributed by atoms with E-state index in [1.165, 1.54) is 18.3 Å². The van der Waals surface area contributed by atoms with E-state index in [9.17, 15) is 33.9 Å². The molecule has 1 fully saturated rings. The number of benzene rings is 2. The van der Waals surface area contributed by atoms with Gasteiger partial charge in [0, 0.05) is 17.3 Å². The van der Waals surface area contributed by atoms with Crippen LogP contribution in [-0.2, 0) is 27.4 Å². The van der Waals surface area contributed by atoms with E-state index in [-0.39, 0.29) is 5.30 Å². The summed E-state index contributed by atoms with van der Waals surface area (Å²) >= 11 is 0. The number of rotatable bonds is 8. The molecule has 5 rings (SSSR count). The van der Waals surface area contributed by atoms with Gasteiger partial charge in [-0.15, -0.1) is 0 Å². The van der Waals surface area contributed by atoms with Crippen molar-refractivity contribution >= 4 is 32.5 Å². The molecule has 7 atom stereocenters. The predicted octanol–water partition coefficient (Wildman–Crippen LogP) is 2.00. The summed E-state index contributed by atoms with van der Waals surface area (Å²) in [6.07, 6.45) is -3.66. The van der Waals surface area contributed by atoms with Gasteiger partial charge in [-0.1, -0.05) is 36.4 Å². The zero-order valence-electron chi connectivity index (χ0n) is 21.4. The van der Waals surface area contributed by atoms with E-state index in [1.807, 2.05) is 30.3 Å². The lowest BCUT2D eigenvalue weighted by molar-refractivity contribution is -0.0670. The van der Waals surface area contributed by atoms with Gasteiger partial charge in [-0.05, 0) is 43.2 Å². The molecule has 0 bridgehead atoms. The molecule has 1 saturated heterocycles. The first-order valence-corrected chi connectivity index (χ1v) is 15.3. The van der Waals surface area contributed by atoms with Gasteiger partial charge in [0.25, 0.3) is 0 Å². The fourth-order valence-corrected chi connectivity index (χ4v) is 7.04. The molecule has 5 unspecified atom stereocenters. The van der Waals surface area contributed by atoms with Gasteiger partial charge < -0.3 is 29.5 Å². The molecule has 5 N–H and O–H groups in total. The van der Waals surface area contributed by atoms with E-state index < -0.39 is 58.8 Å². The molecule has 2 amide bonds. The zero-order valence-corrected chi connectivity index (χ0v) is 23.1. The molecule has 3 heterocycles. The Morgan fingerprint density at radius 3 is 2.45 bits per heavy atom. The number of aliphatic hydroxyl groups is 2. The number of nitrogens with zero attached hydrogens (tertiary/aromatic N) is 1. The number of phosphoric ester groups is 1. The van der Waals surface area contributed by atoms with Gasteiger partial charge in [0.15, 0.2) is 6.23 Å². The minimum atomic E-state index is -5.14. The molecule has 214 valence electrons. The highest BCUT2D eigenvalue weighted by atomic mass is 31.3. The summed E-state index contributed by atoms with van der Waals surface area (Å²) in [6, 6.07) is 12.8. The van der Waals surface area contributed by atoms with Gasteiger partial charge in [0.1, 0.15) is 24.1 Å². The van der Waals surface area contributed by atoms with Crippen LogP contribution in [0.15, 0.2) is 66.4 Å².